The summed E-state index contributed by atoms with van der Waals surface area (Å²) in [5.74, 6) is -2.02. The van der Waals surface area contributed by atoms with Crippen LogP contribution in [0.15, 0.2) is 30.3 Å². The van der Waals surface area contributed by atoms with E-state index in [2.05, 4.69) is 0 Å². The first-order chi connectivity index (χ1) is 7.11. The summed E-state index contributed by atoms with van der Waals surface area (Å²) in [6.45, 7) is 0. The van der Waals surface area contributed by atoms with Crippen molar-refractivity contribution < 1.29 is 66.4 Å². The molecule has 0 aliphatic heterocycles. The van der Waals surface area contributed by atoms with E-state index in [-0.39, 0.29) is 56.9 Å². The molecule has 0 saturated carbocycles. The van der Waals surface area contributed by atoms with E-state index in [1.165, 1.54) is 12.1 Å². The van der Waals surface area contributed by atoms with Gasteiger partial charge in [0.2, 0.25) is 0 Å². The smallest absolute Gasteiger partial charge is 0.872 e. The number of rotatable bonds is 1. The van der Waals surface area contributed by atoms with Crippen LogP contribution in [0.1, 0.15) is 10.4 Å². The molecule has 0 unspecified atom stereocenters. The zero-order valence-electron chi connectivity index (χ0n) is 8.69. The Morgan fingerprint density at radius 2 is 1.81 bits per heavy atom. The molecule has 2 aromatic carbocycles. The summed E-state index contributed by atoms with van der Waals surface area (Å²) in [5, 5.41) is 23.1. The molecule has 0 amide bonds. The number of benzene rings is 2. The van der Waals surface area contributed by atoms with Crippen LogP contribution in [0, 0.1) is 0 Å². The van der Waals surface area contributed by atoms with Gasteiger partial charge in [-0.25, -0.2) is 0 Å². The summed E-state index contributed by atoms with van der Waals surface area (Å²) in [6.07, 6.45) is 0. The first-order valence-corrected chi connectivity index (χ1v) is 4.31. The van der Waals surface area contributed by atoms with Gasteiger partial charge in [-0.15, -0.1) is 0 Å². The molecule has 16 heavy (non-hydrogen) atoms. The first-order valence-electron chi connectivity index (χ1n) is 4.31. The topological polar surface area (TPSA) is 89.2 Å². The normalized spacial score (nSPS) is 9.75. The van der Waals surface area contributed by atoms with Crippen LogP contribution in [-0.4, -0.2) is 5.97 Å². The molecule has 0 heterocycles. The molecule has 0 aromatic heterocycles. The van der Waals surface area contributed by atoms with E-state index in [4.69, 9.17) is 5.73 Å². The second kappa shape index (κ2) is 5.16. The maximum absolute atomic E-state index is 11.6. The fourth-order valence-electron chi connectivity index (χ4n) is 1.52. The summed E-state index contributed by atoms with van der Waals surface area (Å²) >= 11 is 0. The number of nitrogens with two attached hydrogens (primary N) is 1. The molecular weight excluding hydrogens is 233 g/mol. The Morgan fingerprint density at radius 3 is 2.44 bits per heavy atom. The molecule has 2 N–H and O–H groups in total. The van der Waals surface area contributed by atoms with Gasteiger partial charge in [0.15, 0.2) is 0 Å². The van der Waals surface area contributed by atoms with Gasteiger partial charge in [0, 0.05) is 11.1 Å². The first kappa shape index (κ1) is 13.5. The minimum Gasteiger partial charge on any atom is -0.872 e. The van der Waals surface area contributed by atoms with Crippen molar-refractivity contribution in [3.8, 4) is 5.75 Å². The molecule has 0 atom stereocenters. The molecule has 0 saturated heterocycles. The average molecular weight is 240 g/mol. The predicted octanol–water partition coefficient (Wildman–Crippen LogP) is -3.14. The third kappa shape index (κ3) is 2.23. The molecule has 0 aliphatic rings. The Labute approximate surface area is 134 Å². The zero-order valence-corrected chi connectivity index (χ0v) is 11.8. The standard InChI is InChI=1S/C11H9NO3.K/c12-9-3-1-2-7-6(9)4-5-8(10(7)13)11(14)15;/h1-5,13H,12H2,(H,14,15);/q;+1/p-2. The van der Waals surface area contributed by atoms with Crippen molar-refractivity contribution in [3.63, 3.8) is 0 Å². The van der Waals surface area contributed by atoms with Crippen LogP contribution in [0.5, 0.6) is 5.75 Å². The van der Waals surface area contributed by atoms with Crippen molar-refractivity contribution in [2.45, 2.75) is 0 Å². The fraction of sp³-hybridized carbons (Fsp3) is 0. The van der Waals surface area contributed by atoms with E-state index < -0.39 is 11.7 Å². The molecule has 0 aliphatic carbocycles. The van der Waals surface area contributed by atoms with E-state index in [9.17, 15) is 15.0 Å². The number of hydrogen-bond acceptors (Lipinski definition) is 4. The number of carbonyl (C=O) groups is 1. The van der Waals surface area contributed by atoms with Crippen LogP contribution < -0.4 is 67.3 Å². The van der Waals surface area contributed by atoms with Gasteiger partial charge in [-0.05, 0) is 17.0 Å². The largest absolute Gasteiger partial charge is 1.00 e. The molecule has 4 nitrogen and oxygen atoms in total. The Morgan fingerprint density at radius 1 is 1.12 bits per heavy atom. The monoisotopic (exact) mass is 240 g/mol. The van der Waals surface area contributed by atoms with E-state index in [1.807, 2.05) is 0 Å². The molecule has 2 aromatic rings. The van der Waals surface area contributed by atoms with Crippen LogP contribution in [0.3, 0.4) is 0 Å². The third-order valence-electron chi connectivity index (χ3n) is 2.27. The summed E-state index contributed by atoms with van der Waals surface area (Å²) in [6, 6.07) is 7.53. The van der Waals surface area contributed by atoms with Crippen molar-refractivity contribution in [1.29, 1.82) is 0 Å². The number of anilines is 1. The minimum absolute atomic E-state index is 0. The molecule has 0 spiro atoms. The second-order valence-corrected chi connectivity index (χ2v) is 3.17. The summed E-state index contributed by atoms with van der Waals surface area (Å²) in [7, 11) is 0. The number of nitrogen functional groups attached to an aromatic ring is 1. The van der Waals surface area contributed by atoms with Crippen molar-refractivity contribution in [3.05, 3.63) is 35.9 Å². The van der Waals surface area contributed by atoms with E-state index >= 15 is 0 Å². The minimum atomic E-state index is -1.47. The van der Waals surface area contributed by atoms with Crippen molar-refractivity contribution in [1.82, 2.24) is 0 Å². The van der Waals surface area contributed by atoms with Gasteiger partial charge < -0.3 is 20.7 Å². The zero-order chi connectivity index (χ0) is 11.0. The Hall–Kier alpha value is -0.594. The van der Waals surface area contributed by atoms with Gasteiger partial charge in [-0.2, -0.15) is 0 Å². The van der Waals surface area contributed by atoms with Gasteiger partial charge in [0.25, 0.3) is 0 Å². The number of fused-ring (bicyclic) bond motifs is 1. The second-order valence-electron chi connectivity index (χ2n) is 3.17. The summed E-state index contributed by atoms with van der Waals surface area (Å²) < 4.78 is 0. The molecule has 0 bridgehead atoms. The Balaban J connectivity index is 0.00000128. The van der Waals surface area contributed by atoms with E-state index in [0.29, 0.717) is 16.5 Å². The van der Waals surface area contributed by atoms with Crippen molar-refractivity contribution >= 4 is 22.4 Å². The molecule has 76 valence electrons. The fourth-order valence-corrected chi connectivity index (χ4v) is 1.52. The SMILES string of the molecule is Nc1cccc2c([O-])c(C(=O)[O-])ccc12.[K+]. The average Bonchev–Trinajstić information content (AvgIpc) is 2.19. The van der Waals surface area contributed by atoms with E-state index in [1.54, 1.807) is 18.2 Å². The van der Waals surface area contributed by atoms with Crippen LogP contribution in [-0.2, 0) is 0 Å². The van der Waals surface area contributed by atoms with Gasteiger partial charge >= 0.3 is 51.4 Å². The molecular formula is C11H7KNO3-. The summed E-state index contributed by atoms with van der Waals surface area (Å²) in [4.78, 5) is 10.6. The van der Waals surface area contributed by atoms with Crippen molar-refractivity contribution in [2.75, 3.05) is 5.73 Å². The van der Waals surface area contributed by atoms with Gasteiger partial charge in [0.05, 0.1) is 5.97 Å². The maximum atomic E-state index is 11.6. The molecule has 2 rings (SSSR count). The number of carboxylic acids is 1. The van der Waals surface area contributed by atoms with Crippen LogP contribution in [0.4, 0.5) is 5.69 Å². The summed E-state index contributed by atoms with van der Waals surface area (Å²) in [5.41, 5.74) is 5.76. The Kier molecular flexibility index (Phi) is 4.34. The number of hydrogen-bond donors (Lipinski definition) is 1. The van der Waals surface area contributed by atoms with Gasteiger partial charge in [-0.3, -0.25) is 0 Å². The molecule has 0 fully saturated rings. The molecule has 0 radical (unpaired) electrons. The van der Waals surface area contributed by atoms with Crippen LogP contribution >= 0.6 is 0 Å². The van der Waals surface area contributed by atoms with Gasteiger partial charge in [-0.1, -0.05) is 30.0 Å². The van der Waals surface area contributed by atoms with Gasteiger partial charge in [0.1, 0.15) is 0 Å². The third-order valence-corrected chi connectivity index (χ3v) is 2.27. The number of carbonyl (C=O) groups excluding carboxylic acids is 1. The molecule has 5 heteroatoms. The van der Waals surface area contributed by atoms with Crippen LogP contribution in [0.25, 0.3) is 10.8 Å². The quantitative estimate of drug-likeness (QED) is 0.421. The number of aromatic carboxylic acids is 1. The maximum Gasteiger partial charge on any atom is 1.00 e. The Bertz CT molecular complexity index is 554. The van der Waals surface area contributed by atoms with E-state index in [0.717, 1.165) is 0 Å². The number of carboxylic acid groups (broad SMARTS) is 1. The van der Waals surface area contributed by atoms with Crippen LogP contribution in [0.2, 0.25) is 0 Å². The van der Waals surface area contributed by atoms with Crippen molar-refractivity contribution in [2.24, 2.45) is 0 Å². The predicted molar refractivity (Wildman–Crippen MR) is 52.1 cm³/mol.